The molecular weight excluding hydrogens is 331 g/mol. The van der Waals surface area contributed by atoms with E-state index in [0.29, 0.717) is 6.04 Å². The van der Waals surface area contributed by atoms with Crippen LogP contribution >= 0.6 is 38.5 Å². The Morgan fingerprint density at radius 3 is 2.75 bits per heavy atom. The SMILES string of the molecule is CC(C)n1cc(CCBr)c(I)n1. The fourth-order valence-corrected chi connectivity index (χ4v) is 2.03. The van der Waals surface area contributed by atoms with Gasteiger partial charge < -0.3 is 0 Å². The largest absolute Gasteiger partial charge is 0.269 e. The van der Waals surface area contributed by atoms with E-state index in [4.69, 9.17) is 0 Å². The molecule has 0 aliphatic carbocycles. The zero-order chi connectivity index (χ0) is 9.14. The van der Waals surface area contributed by atoms with E-state index in [-0.39, 0.29) is 0 Å². The summed E-state index contributed by atoms with van der Waals surface area (Å²) in [6.07, 6.45) is 3.19. The zero-order valence-electron chi connectivity index (χ0n) is 7.22. The Morgan fingerprint density at radius 2 is 2.33 bits per heavy atom. The van der Waals surface area contributed by atoms with Crippen molar-refractivity contribution in [2.24, 2.45) is 0 Å². The third kappa shape index (κ3) is 2.45. The predicted molar refractivity (Wildman–Crippen MR) is 62.8 cm³/mol. The number of rotatable bonds is 3. The van der Waals surface area contributed by atoms with E-state index in [1.807, 2.05) is 4.68 Å². The maximum atomic E-state index is 4.41. The molecule has 1 heterocycles. The number of aromatic nitrogens is 2. The van der Waals surface area contributed by atoms with Crippen molar-refractivity contribution < 1.29 is 0 Å². The minimum Gasteiger partial charge on any atom is -0.269 e. The first-order valence-corrected chi connectivity index (χ1v) is 6.14. The van der Waals surface area contributed by atoms with Gasteiger partial charge >= 0.3 is 0 Å². The molecule has 0 saturated heterocycles. The molecular formula is C8H12BrIN2. The van der Waals surface area contributed by atoms with Crippen LogP contribution in [0.15, 0.2) is 6.20 Å². The fourth-order valence-electron chi connectivity index (χ4n) is 0.941. The molecule has 4 heteroatoms. The molecule has 1 aromatic heterocycles. The van der Waals surface area contributed by atoms with Gasteiger partial charge in [-0.05, 0) is 42.9 Å². The van der Waals surface area contributed by atoms with Crippen molar-refractivity contribution in [3.63, 3.8) is 0 Å². The van der Waals surface area contributed by atoms with Crippen molar-refractivity contribution in [3.8, 4) is 0 Å². The van der Waals surface area contributed by atoms with Gasteiger partial charge in [0.05, 0.1) is 0 Å². The minimum atomic E-state index is 0.461. The maximum absolute atomic E-state index is 4.41. The third-order valence-corrected chi connectivity index (χ3v) is 2.95. The van der Waals surface area contributed by atoms with Crippen molar-refractivity contribution in [1.82, 2.24) is 9.78 Å². The monoisotopic (exact) mass is 342 g/mol. The second-order valence-electron chi connectivity index (χ2n) is 2.96. The molecule has 1 rings (SSSR count). The first-order valence-electron chi connectivity index (χ1n) is 3.94. The number of nitrogens with zero attached hydrogens (tertiary/aromatic N) is 2. The molecule has 0 saturated carbocycles. The van der Waals surface area contributed by atoms with Crippen LogP contribution in [0.2, 0.25) is 0 Å². The highest BCUT2D eigenvalue weighted by Gasteiger charge is 2.06. The molecule has 2 nitrogen and oxygen atoms in total. The van der Waals surface area contributed by atoms with Gasteiger partial charge in [-0.15, -0.1) is 0 Å². The van der Waals surface area contributed by atoms with Gasteiger partial charge in [0.25, 0.3) is 0 Å². The van der Waals surface area contributed by atoms with Crippen LogP contribution in [0, 0.1) is 3.70 Å². The lowest BCUT2D eigenvalue weighted by Gasteiger charge is -2.02. The van der Waals surface area contributed by atoms with E-state index >= 15 is 0 Å². The average Bonchev–Trinajstić information content (AvgIpc) is 2.34. The Labute approximate surface area is 95.0 Å². The van der Waals surface area contributed by atoms with Gasteiger partial charge in [0.15, 0.2) is 0 Å². The van der Waals surface area contributed by atoms with Crippen molar-refractivity contribution in [2.45, 2.75) is 26.3 Å². The topological polar surface area (TPSA) is 17.8 Å². The molecule has 1 aromatic rings. The first-order chi connectivity index (χ1) is 5.65. The molecule has 0 bridgehead atoms. The van der Waals surface area contributed by atoms with Gasteiger partial charge in [0, 0.05) is 23.1 Å². The number of alkyl halides is 1. The van der Waals surface area contributed by atoms with Crippen LogP contribution in [0.25, 0.3) is 0 Å². The minimum absolute atomic E-state index is 0.461. The van der Waals surface area contributed by atoms with Gasteiger partial charge in [-0.1, -0.05) is 15.9 Å². The predicted octanol–water partition coefficient (Wildman–Crippen LogP) is 3.01. The van der Waals surface area contributed by atoms with Gasteiger partial charge in [-0.2, -0.15) is 5.10 Å². The second kappa shape index (κ2) is 4.60. The molecule has 0 aliphatic heterocycles. The van der Waals surface area contributed by atoms with Gasteiger partial charge in [-0.25, -0.2) is 0 Å². The maximum Gasteiger partial charge on any atom is 0.126 e. The lowest BCUT2D eigenvalue weighted by atomic mass is 10.3. The molecule has 0 fully saturated rings. The molecule has 68 valence electrons. The van der Waals surface area contributed by atoms with E-state index in [1.54, 1.807) is 0 Å². The van der Waals surface area contributed by atoms with Gasteiger partial charge in [0.1, 0.15) is 3.70 Å². The lowest BCUT2D eigenvalue weighted by Crippen LogP contribution is -2.00. The standard InChI is InChI=1S/C8H12BrIN2/c1-6(2)12-5-7(3-4-9)8(10)11-12/h5-6H,3-4H2,1-2H3. The van der Waals surface area contributed by atoms with Crippen LogP contribution < -0.4 is 0 Å². The fraction of sp³-hybridized carbons (Fsp3) is 0.625. The van der Waals surface area contributed by atoms with Crippen molar-refractivity contribution in [3.05, 3.63) is 15.5 Å². The van der Waals surface area contributed by atoms with E-state index in [0.717, 1.165) is 15.5 Å². The normalized spacial score (nSPS) is 11.1. The molecule has 0 aliphatic rings. The van der Waals surface area contributed by atoms with E-state index < -0.39 is 0 Å². The molecule has 0 radical (unpaired) electrons. The number of aryl methyl sites for hydroxylation is 1. The molecule has 0 N–H and O–H groups in total. The highest BCUT2D eigenvalue weighted by Crippen LogP contribution is 2.14. The Balaban J connectivity index is 2.85. The summed E-state index contributed by atoms with van der Waals surface area (Å²) < 4.78 is 3.14. The zero-order valence-corrected chi connectivity index (χ0v) is 11.0. The summed E-state index contributed by atoms with van der Waals surface area (Å²) in [5.74, 6) is 0. The van der Waals surface area contributed by atoms with E-state index in [9.17, 15) is 0 Å². The quantitative estimate of drug-likeness (QED) is 0.610. The van der Waals surface area contributed by atoms with E-state index in [2.05, 4.69) is 63.7 Å². The van der Waals surface area contributed by atoms with Crippen molar-refractivity contribution >= 4 is 38.5 Å². The second-order valence-corrected chi connectivity index (χ2v) is 4.77. The molecule has 0 atom stereocenters. The smallest absolute Gasteiger partial charge is 0.126 e. The number of hydrogen-bond donors (Lipinski definition) is 0. The number of halogens is 2. The van der Waals surface area contributed by atoms with Crippen LogP contribution in [0.3, 0.4) is 0 Å². The summed E-state index contributed by atoms with van der Waals surface area (Å²) in [5.41, 5.74) is 1.33. The average molecular weight is 343 g/mol. The van der Waals surface area contributed by atoms with E-state index in [1.165, 1.54) is 5.56 Å². The molecule has 0 spiro atoms. The summed E-state index contributed by atoms with van der Waals surface area (Å²) in [6, 6.07) is 0.461. The van der Waals surface area contributed by atoms with Crippen LogP contribution in [-0.2, 0) is 6.42 Å². The molecule has 0 unspecified atom stereocenters. The van der Waals surface area contributed by atoms with Crippen LogP contribution in [-0.4, -0.2) is 15.1 Å². The summed E-state index contributed by atoms with van der Waals surface area (Å²) in [6.45, 7) is 4.28. The Hall–Kier alpha value is 0.420. The van der Waals surface area contributed by atoms with Crippen LogP contribution in [0.4, 0.5) is 0 Å². The Morgan fingerprint density at radius 1 is 1.67 bits per heavy atom. The Kier molecular flexibility index (Phi) is 4.02. The molecule has 12 heavy (non-hydrogen) atoms. The van der Waals surface area contributed by atoms with Crippen LogP contribution in [0.5, 0.6) is 0 Å². The highest BCUT2D eigenvalue weighted by atomic mass is 127. The van der Waals surface area contributed by atoms with Crippen molar-refractivity contribution in [2.75, 3.05) is 5.33 Å². The van der Waals surface area contributed by atoms with Crippen LogP contribution in [0.1, 0.15) is 25.5 Å². The Bertz CT molecular complexity index is 258. The summed E-state index contributed by atoms with van der Waals surface area (Å²) in [7, 11) is 0. The highest BCUT2D eigenvalue weighted by molar-refractivity contribution is 14.1. The molecule has 0 aromatic carbocycles. The number of hydrogen-bond acceptors (Lipinski definition) is 1. The lowest BCUT2D eigenvalue weighted by molar-refractivity contribution is 0.529. The summed E-state index contributed by atoms with van der Waals surface area (Å²) in [5, 5.41) is 5.42. The third-order valence-electron chi connectivity index (χ3n) is 1.65. The summed E-state index contributed by atoms with van der Waals surface area (Å²) >= 11 is 5.71. The van der Waals surface area contributed by atoms with Gasteiger partial charge in [0.2, 0.25) is 0 Å². The van der Waals surface area contributed by atoms with Gasteiger partial charge in [-0.3, -0.25) is 4.68 Å². The summed E-state index contributed by atoms with van der Waals surface area (Å²) in [4.78, 5) is 0. The molecule has 0 amide bonds. The van der Waals surface area contributed by atoms with Crippen molar-refractivity contribution in [1.29, 1.82) is 0 Å². The first kappa shape index (κ1) is 10.5.